The second kappa shape index (κ2) is 7.18. The van der Waals surface area contributed by atoms with Crippen molar-refractivity contribution < 1.29 is 15.0 Å². The lowest BCUT2D eigenvalue weighted by Gasteiger charge is -2.26. The van der Waals surface area contributed by atoms with Gasteiger partial charge in [-0.15, -0.1) is 0 Å². The minimum Gasteiger partial charge on any atom is -0.478 e. The molecule has 3 aromatic rings. The van der Waals surface area contributed by atoms with E-state index < -0.39 is 11.6 Å². The number of benzene rings is 1. The lowest BCUT2D eigenvalue weighted by molar-refractivity contribution is 0.0609. The topological polar surface area (TPSA) is 127 Å². The highest BCUT2D eigenvalue weighted by Crippen LogP contribution is 2.28. The molecule has 4 rings (SSSR count). The van der Waals surface area contributed by atoms with Crippen LogP contribution in [0.1, 0.15) is 48.3 Å². The number of fused-ring (bicyclic) bond motifs is 1. The van der Waals surface area contributed by atoms with Gasteiger partial charge in [-0.05, 0) is 43.7 Å². The molecule has 0 bridgehead atoms. The van der Waals surface area contributed by atoms with E-state index in [-0.39, 0.29) is 17.2 Å². The van der Waals surface area contributed by atoms with Crippen molar-refractivity contribution in [3.63, 3.8) is 0 Å². The maximum atomic E-state index is 11.3. The summed E-state index contributed by atoms with van der Waals surface area (Å²) in [6, 6.07) is 6.50. The molecule has 29 heavy (non-hydrogen) atoms. The SMILES string of the molecule is Cn1c(-c2cccc(C(=O)O)c2)nc2c(N)nc(C#CC3(O)CCCCC3)nc21. The van der Waals surface area contributed by atoms with Gasteiger partial charge in [0.05, 0.1) is 5.56 Å². The highest BCUT2D eigenvalue weighted by Gasteiger charge is 2.26. The third-order valence-corrected chi connectivity index (χ3v) is 5.20. The molecule has 0 spiro atoms. The van der Waals surface area contributed by atoms with Crippen molar-refractivity contribution in [1.29, 1.82) is 0 Å². The van der Waals surface area contributed by atoms with Crippen molar-refractivity contribution in [2.24, 2.45) is 7.05 Å². The van der Waals surface area contributed by atoms with Crippen LogP contribution in [-0.2, 0) is 7.05 Å². The molecular weight excluding hydrogens is 370 g/mol. The second-order valence-corrected chi connectivity index (χ2v) is 7.33. The zero-order valence-corrected chi connectivity index (χ0v) is 16.0. The molecule has 1 saturated carbocycles. The van der Waals surface area contributed by atoms with Crippen LogP contribution < -0.4 is 5.73 Å². The average molecular weight is 391 g/mol. The molecule has 4 N–H and O–H groups in total. The predicted octanol–water partition coefficient (Wildman–Crippen LogP) is 2.36. The van der Waals surface area contributed by atoms with E-state index in [1.165, 1.54) is 6.07 Å². The summed E-state index contributed by atoms with van der Waals surface area (Å²) < 4.78 is 1.73. The summed E-state index contributed by atoms with van der Waals surface area (Å²) in [5.41, 5.74) is 6.80. The highest BCUT2D eigenvalue weighted by atomic mass is 16.4. The quantitative estimate of drug-likeness (QED) is 0.572. The zero-order chi connectivity index (χ0) is 20.6. The summed E-state index contributed by atoms with van der Waals surface area (Å²) in [6.07, 6.45) is 4.31. The van der Waals surface area contributed by atoms with E-state index in [2.05, 4.69) is 26.8 Å². The first-order valence-electron chi connectivity index (χ1n) is 9.45. The summed E-state index contributed by atoms with van der Waals surface area (Å²) in [5.74, 6) is 5.71. The summed E-state index contributed by atoms with van der Waals surface area (Å²) in [5, 5.41) is 19.8. The number of aromatic carboxylic acids is 1. The van der Waals surface area contributed by atoms with E-state index in [1.54, 1.807) is 29.8 Å². The van der Waals surface area contributed by atoms with Crippen LogP contribution in [0.4, 0.5) is 5.82 Å². The van der Waals surface area contributed by atoms with Crippen LogP contribution >= 0.6 is 0 Å². The molecule has 0 atom stereocenters. The van der Waals surface area contributed by atoms with E-state index in [4.69, 9.17) is 5.73 Å². The molecule has 0 radical (unpaired) electrons. The van der Waals surface area contributed by atoms with Gasteiger partial charge >= 0.3 is 5.97 Å². The Kier molecular flexibility index (Phi) is 4.68. The van der Waals surface area contributed by atoms with Crippen molar-refractivity contribution in [3.05, 3.63) is 35.7 Å². The molecule has 2 heterocycles. The maximum Gasteiger partial charge on any atom is 0.335 e. The lowest BCUT2D eigenvalue weighted by Crippen LogP contribution is -2.29. The number of hydrogen-bond donors (Lipinski definition) is 3. The molecule has 0 unspecified atom stereocenters. The minimum atomic E-state index is -1.01. The summed E-state index contributed by atoms with van der Waals surface area (Å²) in [7, 11) is 1.77. The van der Waals surface area contributed by atoms with Gasteiger partial charge in [-0.25, -0.2) is 19.7 Å². The Morgan fingerprint density at radius 2 is 1.97 bits per heavy atom. The number of nitrogens with zero attached hydrogens (tertiary/aromatic N) is 4. The van der Waals surface area contributed by atoms with Crippen LogP contribution in [0, 0.1) is 11.8 Å². The van der Waals surface area contributed by atoms with Crippen LogP contribution in [0.3, 0.4) is 0 Å². The summed E-state index contributed by atoms with van der Waals surface area (Å²) in [4.78, 5) is 24.5. The third kappa shape index (κ3) is 3.65. The van der Waals surface area contributed by atoms with E-state index >= 15 is 0 Å². The van der Waals surface area contributed by atoms with Gasteiger partial charge in [0.2, 0.25) is 5.82 Å². The second-order valence-electron chi connectivity index (χ2n) is 7.33. The molecule has 8 heteroatoms. The van der Waals surface area contributed by atoms with Gasteiger partial charge in [-0.2, -0.15) is 0 Å². The average Bonchev–Trinajstić information content (AvgIpc) is 3.04. The van der Waals surface area contributed by atoms with Crippen molar-refractivity contribution in [1.82, 2.24) is 19.5 Å². The Morgan fingerprint density at radius 1 is 1.21 bits per heavy atom. The molecule has 1 aromatic carbocycles. The summed E-state index contributed by atoms with van der Waals surface area (Å²) in [6.45, 7) is 0. The van der Waals surface area contributed by atoms with Crippen LogP contribution in [0.25, 0.3) is 22.6 Å². The number of imidazole rings is 1. The number of carboxylic acid groups (broad SMARTS) is 1. The van der Waals surface area contributed by atoms with Gasteiger partial charge in [0.1, 0.15) is 11.4 Å². The van der Waals surface area contributed by atoms with Gasteiger partial charge in [-0.3, -0.25) is 0 Å². The van der Waals surface area contributed by atoms with Crippen molar-refractivity contribution in [3.8, 4) is 23.2 Å². The normalized spacial score (nSPS) is 15.7. The molecule has 0 aliphatic heterocycles. The molecule has 0 saturated heterocycles. The van der Waals surface area contributed by atoms with Gasteiger partial charge in [-0.1, -0.05) is 24.5 Å². The molecule has 1 fully saturated rings. The molecular formula is C21H21N5O3. The lowest BCUT2D eigenvalue weighted by atomic mass is 9.85. The van der Waals surface area contributed by atoms with Gasteiger partial charge < -0.3 is 20.5 Å². The first-order chi connectivity index (χ1) is 13.9. The first kappa shape index (κ1) is 18.9. The van der Waals surface area contributed by atoms with Crippen LogP contribution in [0.15, 0.2) is 24.3 Å². The minimum absolute atomic E-state index is 0.167. The number of aryl methyl sites for hydroxylation is 1. The van der Waals surface area contributed by atoms with E-state index in [0.717, 1.165) is 19.3 Å². The van der Waals surface area contributed by atoms with E-state index in [0.29, 0.717) is 35.4 Å². The number of carbonyl (C=O) groups is 1. The van der Waals surface area contributed by atoms with Gasteiger partial charge in [0.25, 0.3) is 0 Å². The number of anilines is 1. The smallest absolute Gasteiger partial charge is 0.335 e. The standard InChI is InChI=1S/C21H21N5O3/c1-26-18(13-6-5-7-14(12-13)20(27)28)25-16-17(22)23-15(24-19(16)26)8-11-21(29)9-3-2-4-10-21/h5-7,12,29H,2-4,9-10H2,1H3,(H,27,28)(H2,22,23,24). The fraction of sp³-hybridized carbons (Fsp3) is 0.333. The number of nitrogen functional groups attached to an aromatic ring is 1. The Morgan fingerprint density at radius 3 is 2.69 bits per heavy atom. The van der Waals surface area contributed by atoms with Crippen molar-refractivity contribution in [2.75, 3.05) is 5.73 Å². The maximum absolute atomic E-state index is 11.3. The Balaban J connectivity index is 1.77. The van der Waals surface area contributed by atoms with E-state index in [1.807, 2.05) is 0 Å². The monoisotopic (exact) mass is 391 g/mol. The number of hydrogen-bond acceptors (Lipinski definition) is 6. The molecule has 0 amide bonds. The number of aliphatic hydroxyl groups is 1. The number of aromatic nitrogens is 4. The van der Waals surface area contributed by atoms with Crippen LogP contribution in [0.5, 0.6) is 0 Å². The highest BCUT2D eigenvalue weighted by molar-refractivity contribution is 5.90. The fourth-order valence-electron chi connectivity index (χ4n) is 3.62. The fourth-order valence-corrected chi connectivity index (χ4v) is 3.62. The molecule has 2 aromatic heterocycles. The number of rotatable bonds is 2. The van der Waals surface area contributed by atoms with Crippen molar-refractivity contribution in [2.45, 2.75) is 37.7 Å². The van der Waals surface area contributed by atoms with Crippen molar-refractivity contribution >= 4 is 23.0 Å². The van der Waals surface area contributed by atoms with Gasteiger partial charge in [0, 0.05) is 12.6 Å². The van der Waals surface area contributed by atoms with Crippen LogP contribution in [0.2, 0.25) is 0 Å². The number of nitrogens with two attached hydrogens (primary N) is 1. The molecule has 8 nitrogen and oxygen atoms in total. The predicted molar refractivity (Wildman–Crippen MR) is 108 cm³/mol. The van der Waals surface area contributed by atoms with E-state index in [9.17, 15) is 15.0 Å². The Bertz CT molecular complexity index is 1170. The third-order valence-electron chi connectivity index (χ3n) is 5.20. The largest absolute Gasteiger partial charge is 0.478 e. The zero-order valence-electron chi connectivity index (χ0n) is 16.0. The number of carboxylic acids is 1. The van der Waals surface area contributed by atoms with Crippen LogP contribution in [-0.4, -0.2) is 41.3 Å². The Labute approximate surface area is 167 Å². The Hall–Kier alpha value is -3.44. The molecule has 148 valence electrons. The van der Waals surface area contributed by atoms with Gasteiger partial charge in [0.15, 0.2) is 17.0 Å². The summed E-state index contributed by atoms with van der Waals surface area (Å²) >= 11 is 0. The molecule has 1 aliphatic carbocycles. The molecule has 1 aliphatic rings. The first-order valence-corrected chi connectivity index (χ1v) is 9.45.